The summed E-state index contributed by atoms with van der Waals surface area (Å²) in [5.74, 6) is 0. The zero-order chi connectivity index (χ0) is 37.1. The summed E-state index contributed by atoms with van der Waals surface area (Å²) in [6.45, 7) is 6.28. The second-order valence-corrected chi connectivity index (χ2v) is 15.0. The second kappa shape index (κ2) is 11.7. The number of fused-ring (bicyclic) bond motifs is 12. The molecule has 12 aromatic rings. The van der Waals surface area contributed by atoms with Crippen LogP contribution in [0.15, 0.2) is 170 Å². The van der Waals surface area contributed by atoms with E-state index in [4.69, 9.17) is 0 Å². The lowest BCUT2D eigenvalue weighted by Gasteiger charge is -2.21. The van der Waals surface area contributed by atoms with Crippen molar-refractivity contribution in [3.63, 3.8) is 0 Å². The van der Waals surface area contributed by atoms with Gasteiger partial charge in [0.25, 0.3) is 0 Å². The summed E-state index contributed by atoms with van der Waals surface area (Å²) in [4.78, 5) is 0. The summed E-state index contributed by atoms with van der Waals surface area (Å²) in [5, 5.41) is 10.1. The maximum atomic E-state index is 2.53. The molecular weight excluding hydrogens is 681 g/mol. The summed E-state index contributed by atoms with van der Waals surface area (Å²) >= 11 is 0. The Balaban J connectivity index is 1.39. The van der Waals surface area contributed by atoms with Crippen molar-refractivity contribution in [3.8, 4) is 22.5 Å². The summed E-state index contributed by atoms with van der Waals surface area (Å²) in [5.41, 5.74) is 14.7. The summed E-state index contributed by atoms with van der Waals surface area (Å²) in [7, 11) is 0. The molecule has 8 aromatic carbocycles. The molecule has 0 unspecified atom stereocenters. The van der Waals surface area contributed by atoms with Crippen LogP contribution >= 0.6 is 0 Å². The molecule has 0 aliphatic carbocycles. The van der Waals surface area contributed by atoms with Gasteiger partial charge in [0.15, 0.2) is 0 Å². The van der Waals surface area contributed by atoms with Crippen molar-refractivity contribution in [3.05, 3.63) is 170 Å². The van der Waals surface area contributed by atoms with Crippen LogP contribution in [0.1, 0.15) is 13.8 Å². The lowest BCUT2D eigenvalue weighted by Crippen LogP contribution is -2.03. The normalized spacial score (nSPS) is 12.2. The van der Waals surface area contributed by atoms with Gasteiger partial charge in [-0.3, -0.25) is 0 Å². The van der Waals surface area contributed by atoms with E-state index in [-0.39, 0.29) is 0 Å². The molecule has 0 saturated carbocycles. The number of para-hydroxylation sites is 6. The summed E-state index contributed by atoms with van der Waals surface area (Å²) in [6.07, 6.45) is 0. The largest absolute Gasteiger partial charge is 0.341 e. The highest BCUT2D eigenvalue weighted by molar-refractivity contribution is 6.26. The number of nitrogens with zero attached hydrogens (tertiary/aromatic N) is 4. The van der Waals surface area contributed by atoms with Crippen molar-refractivity contribution in [1.29, 1.82) is 0 Å². The van der Waals surface area contributed by atoms with Crippen molar-refractivity contribution in [2.24, 2.45) is 0 Å². The molecule has 12 rings (SSSR count). The molecular formula is C52H38N4. The van der Waals surface area contributed by atoms with Crippen molar-refractivity contribution < 1.29 is 0 Å². The molecule has 0 atom stereocenters. The number of aromatic nitrogens is 4. The first-order chi connectivity index (χ1) is 27.8. The Morgan fingerprint density at radius 3 is 0.893 bits per heavy atom. The van der Waals surface area contributed by atoms with Gasteiger partial charge in [0.2, 0.25) is 0 Å². The Morgan fingerprint density at radius 1 is 0.286 bits per heavy atom. The lowest BCUT2D eigenvalue weighted by molar-refractivity contribution is 0.827. The standard InChI is InChI=1S/C52H38N4/c1-3-53-39-23-11-9-21-37(39)49-45(53)29-31-47(55-41-25-13-5-17-33(41)34-18-6-14-26-42(34)55)51(49)52-48(32-30-46-50(52)38-22-10-12-24-40(38)54(46)4-2)56-43-27-15-7-19-35(43)36-20-8-16-28-44(36)56/h5-32H,3-4H2,1-2H3. The van der Waals surface area contributed by atoms with Crippen molar-refractivity contribution in [2.45, 2.75) is 26.9 Å². The van der Waals surface area contributed by atoms with Crippen LogP contribution in [0.4, 0.5) is 0 Å². The third-order valence-electron chi connectivity index (χ3n) is 12.4. The van der Waals surface area contributed by atoms with Gasteiger partial charge in [-0.15, -0.1) is 0 Å². The van der Waals surface area contributed by atoms with Crippen LogP contribution in [-0.2, 0) is 13.1 Å². The van der Waals surface area contributed by atoms with Crippen molar-refractivity contribution in [1.82, 2.24) is 18.3 Å². The van der Waals surface area contributed by atoms with Crippen molar-refractivity contribution >= 4 is 87.2 Å². The minimum Gasteiger partial charge on any atom is -0.341 e. The first kappa shape index (κ1) is 31.3. The predicted octanol–water partition coefficient (Wildman–Crippen LogP) is 13.8. The van der Waals surface area contributed by atoms with Gasteiger partial charge in [-0.1, -0.05) is 109 Å². The van der Waals surface area contributed by atoms with Gasteiger partial charge in [0.05, 0.1) is 33.4 Å². The van der Waals surface area contributed by atoms with Crippen LogP contribution in [0.2, 0.25) is 0 Å². The highest BCUT2D eigenvalue weighted by atomic mass is 15.0. The fraction of sp³-hybridized carbons (Fsp3) is 0.0769. The molecule has 4 heteroatoms. The average molecular weight is 719 g/mol. The van der Waals surface area contributed by atoms with E-state index in [9.17, 15) is 0 Å². The van der Waals surface area contributed by atoms with Crippen LogP contribution in [0.3, 0.4) is 0 Å². The van der Waals surface area contributed by atoms with Gasteiger partial charge in [0, 0.05) is 89.4 Å². The molecule has 4 aromatic heterocycles. The maximum Gasteiger partial charge on any atom is 0.0549 e. The smallest absolute Gasteiger partial charge is 0.0549 e. The maximum absolute atomic E-state index is 2.53. The van der Waals surface area contributed by atoms with Crippen LogP contribution in [0, 0.1) is 0 Å². The minimum absolute atomic E-state index is 0.872. The first-order valence-electron chi connectivity index (χ1n) is 19.8. The molecule has 266 valence electrons. The highest BCUT2D eigenvalue weighted by Gasteiger charge is 2.28. The molecule has 4 nitrogen and oxygen atoms in total. The van der Waals surface area contributed by atoms with Crippen LogP contribution in [0.5, 0.6) is 0 Å². The third-order valence-corrected chi connectivity index (χ3v) is 12.4. The van der Waals surface area contributed by atoms with Gasteiger partial charge < -0.3 is 18.3 Å². The monoisotopic (exact) mass is 718 g/mol. The van der Waals surface area contributed by atoms with E-state index < -0.39 is 0 Å². The third kappa shape index (κ3) is 4.03. The van der Waals surface area contributed by atoms with E-state index in [0.717, 1.165) is 13.1 Å². The zero-order valence-electron chi connectivity index (χ0n) is 31.4. The molecule has 0 N–H and O–H groups in total. The Bertz CT molecular complexity index is 3220. The topological polar surface area (TPSA) is 19.7 Å². The van der Waals surface area contributed by atoms with Gasteiger partial charge >= 0.3 is 0 Å². The number of aryl methyl sites for hydroxylation is 2. The number of hydrogen-bond donors (Lipinski definition) is 0. The van der Waals surface area contributed by atoms with Gasteiger partial charge in [-0.2, -0.15) is 0 Å². The molecule has 0 fully saturated rings. The van der Waals surface area contributed by atoms with Gasteiger partial charge in [0.1, 0.15) is 0 Å². The fourth-order valence-corrected chi connectivity index (χ4v) is 10.2. The van der Waals surface area contributed by atoms with E-state index in [0.29, 0.717) is 0 Å². The molecule has 0 radical (unpaired) electrons. The van der Waals surface area contributed by atoms with E-state index in [1.165, 1.54) is 110 Å². The number of benzene rings is 8. The summed E-state index contributed by atoms with van der Waals surface area (Å²) < 4.78 is 10.1. The molecule has 0 aliphatic rings. The van der Waals surface area contributed by atoms with E-state index in [2.05, 4.69) is 202 Å². The van der Waals surface area contributed by atoms with E-state index in [1.54, 1.807) is 0 Å². The molecule has 0 spiro atoms. The molecule has 0 amide bonds. The Hall–Kier alpha value is -7.04. The van der Waals surface area contributed by atoms with Gasteiger partial charge in [-0.25, -0.2) is 0 Å². The fourth-order valence-electron chi connectivity index (χ4n) is 10.2. The first-order valence-corrected chi connectivity index (χ1v) is 19.8. The van der Waals surface area contributed by atoms with Gasteiger partial charge in [-0.05, 0) is 74.5 Å². The Morgan fingerprint density at radius 2 is 0.571 bits per heavy atom. The zero-order valence-corrected chi connectivity index (χ0v) is 31.4. The molecule has 0 aliphatic heterocycles. The Kier molecular flexibility index (Phi) is 6.56. The van der Waals surface area contributed by atoms with Crippen LogP contribution in [0.25, 0.3) is 110 Å². The Labute approximate surface area is 323 Å². The highest BCUT2D eigenvalue weighted by Crippen LogP contribution is 2.50. The molecule has 0 bridgehead atoms. The van der Waals surface area contributed by atoms with Crippen molar-refractivity contribution in [2.75, 3.05) is 0 Å². The summed E-state index contributed by atoms with van der Waals surface area (Å²) in [6, 6.07) is 63.2. The molecule has 0 saturated heterocycles. The average Bonchev–Trinajstić information content (AvgIpc) is 3.98. The van der Waals surface area contributed by atoms with E-state index in [1.807, 2.05) is 0 Å². The minimum atomic E-state index is 0.872. The number of hydrogen-bond acceptors (Lipinski definition) is 0. The quantitative estimate of drug-likeness (QED) is 0.169. The van der Waals surface area contributed by atoms with E-state index >= 15 is 0 Å². The second-order valence-electron chi connectivity index (χ2n) is 15.0. The lowest BCUT2D eigenvalue weighted by atomic mass is 9.91. The molecule has 4 heterocycles. The van der Waals surface area contributed by atoms with Crippen LogP contribution < -0.4 is 0 Å². The van der Waals surface area contributed by atoms with Crippen LogP contribution in [-0.4, -0.2) is 18.3 Å². The predicted molar refractivity (Wildman–Crippen MR) is 238 cm³/mol. The number of rotatable bonds is 5. The molecule has 56 heavy (non-hydrogen) atoms. The SMILES string of the molecule is CCn1c2ccccc2c2c(-c3c(-n4c5ccccc5c5ccccc54)ccc4c3c3ccccc3n4CC)c(-n3c4ccccc4c4ccccc43)ccc21.